The highest BCUT2D eigenvalue weighted by molar-refractivity contribution is 6.11. The summed E-state index contributed by atoms with van der Waals surface area (Å²) in [5, 5.41) is 0. The molecule has 2 rings (SSSR count). The summed E-state index contributed by atoms with van der Waals surface area (Å²) >= 11 is 0. The highest BCUT2D eigenvalue weighted by Crippen LogP contribution is 2.20. The molecule has 4 N–H and O–H groups in total. The molecule has 0 saturated heterocycles. The lowest BCUT2D eigenvalue weighted by atomic mass is 10.0. The lowest BCUT2D eigenvalue weighted by Crippen LogP contribution is -2.03. The molecule has 0 unspecified atom stereocenters. The first-order valence-corrected chi connectivity index (χ1v) is 6.75. The van der Waals surface area contributed by atoms with Crippen LogP contribution in [-0.4, -0.2) is 6.21 Å². The maximum absolute atomic E-state index is 13.6. The SMILES string of the molecule is CC(N)=C(C=Nc1ccc(F)cc1)c1cc(F)cc(CN)c1. The Bertz CT molecular complexity index is 715. The highest BCUT2D eigenvalue weighted by atomic mass is 19.1. The van der Waals surface area contributed by atoms with Gasteiger partial charge >= 0.3 is 0 Å². The van der Waals surface area contributed by atoms with E-state index in [-0.39, 0.29) is 18.2 Å². The van der Waals surface area contributed by atoms with Crippen molar-refractivity contribution in [1.29, 1.82) is 0 Å². The molecular formula is C17H17F2N3. The zero-order valence-electron chi connectivity index (χ0n) is 12.2. The van der Waals surface area contributed by atoms with Crippen molar-refractivity contribution in [1.82, 2.24) is 0 Å². The van der Waals surface area contributed by atoms with Crippen molar-refractivity contribution in [2.75, 3.05) is 0 Å². The van der Waals surface area contributed by atoms with Crippen LogP contribution < -0.4 is 11.5 Å². The summed E-state index contributed by atoms with van der Waals surface area (Å²) in [7, 11) is 0. The number of rotatable bonds is 4. The first-order chi connectivity index (χ1) is 10.5. The Hall–Kier alpha value is -2.53. The third kappa shape index (κ3) is 3.99. The summed E-state index contributed by atoms with van der Waals surface area (Å²) in [6.07, 6.45) is 1.54. The summed E-state index contributed by atoms with van der Waals surface area (Å²) in [5.41, 5.74) is 14.4. The van der Waals surface area contributed by atoms with Gasteiger partial charge in [-0.05, 0) is 60.5 Å². The van der Waals surface area contributed by atoms with Crippen LogP contribution in [0.3, 0.4) is 0 Å². The highest BCUT2D eigenvalue weighted by Gasteiger charge is 2.06. The van der Waals surface area contributed by atoms with Gasteiger partial charge in [0, 0.05) is 24.0 Å². The van der Waals surface area contributed by atoms with Crippen LogP contribution >= 0.6 is 0 Å². The van der Waals surface area contributed by atoms with Crippen LogP contribution in [0.2, 0.25) is 0 Å². The first-order valence-electron chi connectivity index (χ1n) is 6.75. The minimum atomic E-state index is -0.383. The van der Waals surface area contributed by atoms with Gasteiger partial charge in [0.1, 0.15) is 11.6 Å². The fraction of sp³-hybridized carbons (Fsp3) is 0.118. The summed E-state index contributed by atoms with van der Waals surface area (Å²) < 4.78 is 26.5. The molecule has 5 heteroatoms. The zero-order valence-corrected chi connectivity index (χ0v) is 12.2. The molecule has 0 amide bonds. The van der Waals surface area contributed by atoms with Crippen molar-refractivity contribution in [3.63, 3.8) is 0 Å². The Morgan fingerprint density at radius 1 is 1.09 bits per heavy atom. The van der Waals surface area contributed by atoms with Crippen molar-refractivity contribution < 1.29 is 8.78 Å². The van der Waals surface area contributed by atoms with E-state index in [1.165, 1.54) is 30.5 Å². The number of aliphatic imine (C=N–C) groups is 1. The predicted molar refractivity (Wildman–Crippen MR) is 85.6 cm³/mol. The second kappa shape index (κ2) is 6.95. The molecule has 22 heavy (non-hydrogen) atoms. The van der Waals surface area contributed by atoms with E-state index in [0.717, 1.165) is 0 Å². The van der Waals surface area contributed by atoms with Crippen LogP contribution in [-0.2, 0) is 6.54 Å². The Balaban J connectivity index is 2.38. The molecule has 0 atom stereocenters. The molecule has 0 aliphatic rings. The van der Waals surface area contributed by atoms with Crippen LogP contribution in [0.15, 0.2) is 53.2 Å². The second-order valence-corrected chi connectivity index (χ2v) is 4.88. The van der Waals surface area contributed by atoms with Crippen molar-refractivity contribution in [3.05, 3.63) is 70.9 Å². The first kappa shape index (κ1) is 15.9. The third-order valence-electron chi connectivity index (χ3n) is 3.10. The fourth-order valence-corrected chi connectivity index (χ4v) is 1.99. The standard InChI is InChI=1S/C17H17F2N3/c1-11(21)17(10-22-16-4-2-14(18)3-5-16)13-6-12(9-20)7-15(19)8-13/h2-8,10H,9,20-21H2,1H3. The van der Waals surface area contributed by atoms with Crippen molar-refractivity contribution >= 4 is 17.5 Å². The van der Waals surface area contributed by atoms with Gasteiger partial charge in [0.05, 0.1) is 5.69 Å². The Kier molecular flexibility index (Phi) is 5.01. The average molecular weight is 301 g/mol. The molecule has 0 bridgehead atoms. The van der Waals surface area contributed by atoms with Gasteiger partial charge in [-0.2, -0.15) is 0 Å². The Morgan fingerprint density at radius 3 is 2.36 bits per heavy atom. The van der Waals surface area contributed by atoms with E-state index in [4.69, 9.17) is 11.5 Å². The predicted octanol–water partition coefficient (Wildman–Crippen LogP) is 3.52. The van der Waals surface area contributed by atoms with Crippen molar-refractivity contribution in [2.24, 2.45) is 16.5 Å². The quantitative estimate of drug-likeness (QED) is 0.849. The molecule has 0 heterocycles. The number of nitrogens with zero attached hydrogens (tertiary/aromatic N) is 1. The number of nitrogens with two attached hydrogens (primary N) is 2. The number of hydrogen-bond acceptors (Lipinski definition) is 3. The van der Waals surface area contributed by atoms with Gasteiger partial charge in [-0.3, -0.25) is 4.99 Å². The molecule has 0 aliphatic heterocycles. The second-order valence-electron chi connectivity index (χ2n) is 4.88. The Morgan fingerprint density at radius 2 is 1.77 bits per heavy atom. The van der Waals surface area contributed by atoms with Crippen LogP contribution in [0.5, 0.6) is 0 Å². The minimum absolute atomic E-state index is 0.233. The summed E-state index contributed by atoms with van der Waals surface area (Å²) in [4.78, 5) is 4.25. The van der Waals surface area contributed by atoms with Gasteiger partial charge in [-0.15, -0.1) is 0 Å². The van der Waals surface area contributed by atoms with Crippen molar-refractivity contribution in [3.8, 4) is 0 Å². The van der Waals surface area contributed by atoms with E-state index in [0.29, 0.717) is 28.1 Å². The average Bonchev–Trinajstić information content (AvgIpc) is 2.48. The smallest absolute Gasteiger partial charge is 0.124 e. The van der Waals surface area contributed by atoms with E-state index in [1.807, 2.05) is 0 Å². The Labute approximate surface area is 128 Å². The normalized spacial score (nSPS) is 12.5. The number of hydrogen-bond donors (Lipinski definition) is 2. The van der Waals surface area contributed by atoms with Gasteiger partial charge < -0.3 is 11.5 Å². The lowest BCUT2D eigenvalue weighted by Gasteiger charge is -2.08. The molecule has 3 nitrogen and oxygen atoms in total. The monoisotopic (exact) mass is 301 g/mol. The van der Waals surface area contributed by atoms with E-state index in [2.05, 4.69) is 4.99 Å². The van der Waals surface area contributed by atoms with Crippen molar-refractivity contribution in [2.45, 2.75) is 13.5 Å². The molecule has 0 fully saturated rings. The maximum atomic E-state index is 13.6. The molecule has 114 valence electrons. The fourth-order valence-electron chi connectivity index (χ4n) is 1.99. The van der Waals surface area contributed by atoms with Crippen LogP contribution in [0, 0.1) is 11.6 Å². The van der Waals surface area contributed by atoms with E-state index in [1.54, 1.807) is 25.1 Å². The minimum Gasteiger partial charge on any atom is -0.402 e. The maximum Gasteiger partial charge on any atom is 0.124 e. The van der Waals surface area contributed by atoms with Crippen LogP contribution in [0.1, 0.15) is 18.1 Å². The molecule has 0 radical (unpaired) electrons. The molecule has 0 aliphatic carbocycles. The van der Waals surface area contributed by atoms with E-state index < -0.39 is 0 Å². The number of allylic oxidation sites excluding steroid dienone is 2. The molecule has 0 spiro atoms. The summed E-state index contributed by atoms with van der Waals surface area (Å²) in [5.74, 6) is -0.714. The lowest BCUT2D eigenvalue weighted by molar-refractivity contribution is 0.625. The van der Waals surface area contributed by atoms with E-state index in [9.17, 15) is 8.78 Å². The molecule has 0 aromatic heterocycles. The number of benzene rings is 2. The van der Waals surface area contributed by atoms with Gasteiger partial charge in [0.25, 0.3) is 0 Å². The van der Waals surface area contributed by atoms with Crippen LogP contribution in [0.25, 0.3) is 5.57 Å². The van der Waals surface area contributed by atoms with Gasteiger partial charge in [-0.25, -0.2) is 8.78 Å². The topological polar surface area (TPSA) is 64.4 Å². The molecule has 2 aromatic carbocycles. The third-order valence-corrected chi connectivity index (χ3v) is 3.10. The largest absolute Gasteiger partial charge is 0.402 e. The summed E-state index contributed by atoms with van der Waals surface area (Å²) in [6, 6.07) is 10.3. The zero-order chi connectivity index (χ0) is 16.1. The molecular weight excluding hydrogens is 284 g/mol. The van der Waals surface area contributed by atoms with Crippen LogP contribution in [0.4, 0.5) is 14.5 Å². The van der Waals surface area contributed by atoms with Gasteiger partial charge in [0.15, 0.2) is 0 Å². The van der Waals surface area contributed by atoms with E-state index >= 15 is 0 Å². The summed E-state index contributed by atoms with van der Waals surface area (Å²) in [6.45, 7) is 1.94. The van der Waals surface area contributed by atoms with Gasteiger partial charge in [-0.1, -0.05) is 0 Å². The molecule has 0 saturated carbocycles. The molecule has 2 aromatic rings. The van der Waals surface area contributed by atoms with Gasteiger partial charge in [0.2, 0.25) is 0 Å². The number of halogens is 2.